The summed E-state index contributed by atoms with van der Waals surface area (Å²) in [4.78, 5) is 10.7. The van der Waals surface area contributed by atoms with Gasteiger partial charge in [0.2, 0.25) is 0 Å². The van der Waals surface area contributed by atoms with Crippen molar-refractivity contribution in [3.63, 3.8) is 0 Å². The topological polar surface area (TPSA) is 24.7 Å². The molecule has 0 heterocycles. The smallest absolute Gasteiger partial charge is 0.155 e. The zero-order valence-electron chi connectivity index (χ0n) is 32.1. The Morgan fingerprint density at radius 1 is 0.500 bits per heavy atom. The van der Waals surface area contributed by atoms with Crippen LogP contribution in [0.25, 0.3) is 44.2 Å². The highest BCUT2D eigenvalue weighted by Gasteiger charge is 2.50. The lowest BCUT2D eigenvalue weighted by Gasteiger charge is -2.40. The number of amidine groups is 1. The van der Waals surface area contributed by atoms with Crippen molar-refractivity contribution < 1.29 is 0 Å². The van der Waals surface area contributed by atoms with Crippen LogP contribution in [0.5, 0.6) is 0 Å². The van der Waals surface area contributed by atoms with Gasteiger partial charge in [-0.1, -0.05) is 177 Å². The van der Waals surface area contributed by atoms with Crippen molar-refractivity contribution in [1.29, 1.82) is 0 Å². The van der Waals surface area contributed by atoms with E-state index in [1.807, 2.05) is 0 Å². The molecular weight excluding hydrogens is 677 g/mol. The van der Waals surface area contributed by atoms with Crippen LogP contribution in [0.2, 0.25) is 0 Å². The molecule has 10 rings (SSSR count). The summed E-state index contributed by atoms with van der Waals surface area (Å²) in [5.41, 5.74) is 19.3. The summed E-state index contributed by atoms with van der Waals surface area (Å²) in [5.74, 6) is 0.740. The van der Waals surface area contributed by atoms with Crippen LogP contribution in [0.3, 0.4) is 0 Å². The summed E-state index contributed by atoms with van der Waals surface area (Å²) in [6, 6.07) is 64.5. The SMILES string of the molecule is CCc1cc(CN=C(N=C(C)c2ccccc2)c2ccc3c(c2)C2(c4ccccc4-3)c3ccccc3-c3cccc4cccc2c34)ccc1-c1ccccc1C. The van der Waals surface area contributed by atoms with Crippen LogP contribution in [-0.4, -0.2) is 11.5 Å². The van der Waals surface area contributed by atoms with Gasteiger partial charge in [0.1, 0.15) is 0 Å². The molecule has 2 aliphatic carbocycles. The standard InChI is InChI=1S/C54H42N2/c1-4-38-32-37(28-30-43(38)42-21-9-8-16-35(42)2)34-55-53(56-36(3)39-17-6-5-7-18-39)41-29-31-46-44-22-10-12-25-48(44)54(51(46)33-41)49-26-13-11-23-45(49)47-24-14-19-40-20-15-27-50(54)52(40)47/h5-33H,4,34H2,1-3H3. The van der Waals surface area contributed by atoms with E-state index in [4.69, 9.17) is 9.98 Å². The molecule has 1 unspecified atom stereocenters. The Kier molecular flexibility index (Phi) is 8.22. The number of rotatable bonds is 6. The van der Waals surface area contributed by atoms with E-state index in [9.17, 15) is 0 Å². The highest BCUT2D eigenvalue weighted by Crippen LogP contribution is 2.61. The Morgan fingerprint density at radius 3 is 1.86 bits per heavy atom. The van der Waals surface area contributed by atoms with Crippen LogP contribution in [0.4, 0.5) is 0 Å². The summed E-state index contributed by atoms with van der Waals surface area (Å²) in [5, 5.41) is 2.59. The molecular formula is C54H42N2. The third-order valence-corrected chi connectivity index (χ3v) is 12.1. The number of hydrogen-bond acceptors (Lipinski definition) is 1. The van der Waals surface area contributed by atoms with Gasteiger partial charge in [-0.15, -0.1) is 0 Å². The lowest BCUT2D eigenvalue weighted by Crippen LogP contribution is -2.32. The third-order valence-electron chi connectivity index (χ3n) is 12.1. The van der Waals surface area contributed by atoms with Crippen molar-refractivity contribution >= 4 is 22.3 Å². The van der Waals surface area contributed by atoms with Gasteiger partial charge in [0, 0.05) is 11.3 Å². The lowest BCUT2D eigenvalue weighted by molar-refractivity contribution is 0.773. The van der Waals surface area contributed by atoms with Gasteiger partial charge in [-0.3, -0.25) is 4.99 Å². The fraction of sp³-hybridized carbons (Fsp3) is 0.111. The molecule has 8 aromatic carbocycles. The molecule has 2 nitrogen and oxygen atoms in total. The predicted octanol–water partition coefficient (Wildman–Crippen LogP) is 13.2. The minimum atomic E-state index is -0.503. The van der Waals surface area contributed by atoms with E-state index < -0.39 is 5.41 Å². The van der Waals surface area contributed by atoms with E-state index in [-0.39, 0.29) is 0 Å². The Bertz CT molecular complexity index is 2890. The molecule has 1 atom stereocenters. The van der Waals surface area contributed by atoms with E-state index in [0.717, 1.165) is 29.1 Å². The Morgan fingerprint density at radius 2 is 1.11 bits per heavy atom. The maximum atomic E-state index is 5.38. The zero-order chi connectivity index (χ0) is 37.8. The van der Waals surface area contributed by atoms with E-state index in [2.05, 4.69) is 197 Å². The number of fused-ring (bicyclic) bond motifs is 9. The highest BCUT2D eigenvalue weighted by molar-refractivity contribution is 6.12. The van der Waals surface area contributed by atoms with E-state index in [0.29, 0.717) is 6.54 Å². The zero-order valence-corrected chi connectivity index (χ0v) is 32.1. The van der Waals surface area contributed by atoms with E-state index in [1.165, 1.54) is 83.1 Å². The Labute approximate surface area is 329 Å². The average Bonchev–Trinajstić information content (AvgIpc) is 3.54. The van der Waals surface area contributed by atoms with Gasteiger partial charge in [0.15, 0.2) is 5.84 Å². The molecule has 8 aromatic rings. The number of aliphatic imine (C=N–C) groups is 2. The van der Waals surface area contributed by atoms with Crippen LogP contribution in [0, 0.1) is 6.92 Å². The van der Waals surface area contributed by atoms with Crippen molar-refractivity contribution in [2.24, 2.45) is 9.98 Å². The number of aryl methyl sites for hydroxylation is 2. The molecule has 2 heteroatoms. The van der Waals surface area contributed by atoms with Crippen molar-refractivity contribution in [3.05, 3.63) is 226 Å². The first-order chi connectivity index (χ1) is 27.6. The minimum Gasteiger partial charge on any atom is -0.261 e. The fourth-order valence-corrected chi connectivity index (χ4v) is 9.50. The molecule has 56 heavy (non-hydrogen) atoms. The second-order valence-corrected chi connectivity index (χ2v) is 15.2. The average molecular weight is 719 g/mol. The van der Waals surface area contributed by atoms with Gasteiger partial charge in [0.25, 0.3) is 0 Å². The summed E-state index contributed by atoms with van der Waals surface area (Å²) in [6.07, 6.45) is 0.949. The molecule has 2 aliphatic rings. The molecule has 0 bridgehead atoms. The molecule has 0 saturated heterocycles. The second kappa shape index (κ2) is 13.6. The van der Waals surface area contributed by atoms with Crippen molar-refractivity contribution in [3.8, 4) is 33.4 Å². The van der Waals surface area contributed by atoms with Gasteiger partial charge < -0.3 is 0 Å². The van der Waals surface area contributed by atoms with Gasteiger partial charge in [-0.05, 0) is 115 Å². The van der Waals surface area contributed by atoms with Crippen molar-refractivity contribution in [1.82, 2.24) is 0 Å². The normalized spacial score (nSPS) is 15.5. The molecule has 0 saturated carbocycles. The number of benzene rings is 8. The molecule has 0 aliphatic heterocycles. The van der Waals surface area contributed by atoms with Gasteiger partial charge in [-0.25, -0.2) is 4.99 Å². The molecule has 0 amide bonds. The van der Waals surface area contributed by atoms with Gasteiger partial charge >= 0.3 is 0 Å². The molecule has 0 aromatic heterocycles. The Balaban J connectivity index is 1.18. The molecule has 0 radical (unpaired) electrons. The third kappa shape index (κ3) is 5.24. The monoisotopic (exact) mass is 718 g/mol. The minimum absolute atomic E-state index is 0.503. The summed E-state index contributed by atoms with van der Waals surface area (Å²) >= 11 is 0. The second-order valence-electron chi connectivity index (χ2n) is 15.2. The van der Waals surface area contributed by atoms with Gasteiger partial charge in [-0.2, -0.15) is 0 Å². The summed E-state index contributed by atoms with van der Waals surface area (Å²) in [6.45, 7) is 7.05. The maximum Gasteiger partial charge on any atom is 0.155 e. The fourth-order valence-electron chi connectivity index (χ4n) is 9.50. The Hall–Kier alpha value is -6.64. The first-order valence-corrected chi connectivity index (χ1v) is 19.8. The lowest BCUT2D eigenvalue weighted by atomic mass is 9.61. The largest absolute Gasteiger partial charge is 0.261 e. The van der Waals surface area contributed by atoms with Gasteiger partial charge in [0.05, 0.1) is 12.0 Å². The molecule has 0 N–H and O–H groups in total. The number of hydrogen-bond donors (Lipinski definition) is 0. The predicted molar refractivity (Wildman–Crippen MR) is 235 cm³/mol. The van der Waals surface area contributed by atoms with E-state index >= 15 is 0 Å². The van der Waals surface area contributed by atoms with Crippen LogP contribution in [0.1, 0.15) is 63.9 Å². The highest BCUT2D eigenvalue weighted by atomic mass is 14.9. The first-order valence-electron chi connectivity index (χ1n) is 19.8. The summed E-state index contributed by atoms with van der Waals surface area (Å²) < 4.78 is 0. The van der Waals surface area contributed by atoms with Crippen LogP contribution >= 0.6 is 0 Å². The molecule has 0 fully saturated rings. The quantitative estimate of drug-likeness (QED) is 0.121. The maximum absolute atomic E-state index is 5.38. The number of nitrogens with zero attached hydrogens (tertiary/aromatic N) is 2. The summed E-state index contributed by atoms with van der Waals surface area (Å²) in [7, 11) is 0. The van der Waals surface area contributed by atoms with Crippen LogP contribution < -0.4 is 0 Å². The van der Waals surface area contributed by atoms with Crippen LogP contribution in [-0.2, 0) is 18.4 Å². The van der Waals surface area contributed by atoms with Crippen LogP contribution in [0.15, 0.2) is 186 Å². The first kappa shape index (κ1) is 33.9. The van der Waals surface area contributed by atoms with E-state index in [1.54, 1.807) is 0 Å². The van der Waals surface area contributed by atoms with Crippen molar-refractivity contribution in [2.45, 2.75) is 39.2 Å². The molecule has 268 valence electrons. The van der Waals surface area contributed by atoms with Crippen molar-refractivity contribution in [2.75, 3.05) is 0 Å². The molecule has 1 spiro atoms.